The summed E-state index contributed by atoms with van der Waals surface area (Å²) in [7, 11) is 3.31. The lowest BCUT2D eigenvalue weighted by atomic mass is 9.74. The third kappa shape index (κ3) is 6.62. The Hall–Kier alpha value is -3.30. The number of carbonyl (C=O) groups excluding carboxylic acids is 1. The lowest BCUT2D eigenvalue weighted by Crippen LogP contribution is -2.66. The van der Waals surface area contributed by atoms with Gasteiger partial charge in [0.15, 0.2) is 0 Å². The molecule has 2 aromatic carbocycles. The Labute approximate surface area is 243 Å². The Balaban J connectivity index is 1.60. The molecule has 0 bridgehead atoms. The monoisotopic (exact) mass is 568 g/mol. The van der Waals surface area contributed by atoms with Gasteiger partial charge in [0.25, 0.3) is 0 Å². The van der Waals surface area contributed by atoms with Crippen molar-refractivity contribution in [2.45, 2.75) is 83.1 Å². The number of carboxylic acid groups (broad SMARTS) is 1. The van der Waals surface area contributed by atoms with Gasteiger partial charge in [-0.15, -0.1) is 0 Å². The number of rotatable bonds is 14. The molecule has 0 spiro atoms. The van der Waals surface area contributed by atoms with Crippen LogP contribution in [0.25, 0.3) is 0 Å². The van der Waals surface area contributed by atoms with Crippen LogP contribution in [0.2, 0.25) is 0 Å². The lowest BCUT2D eigenvalue weighted by Gasteiger charge is -2.45. The number of nitrogens with zero attached hydrogens (tertiary/aromatic N) is 1. The molecule has 2 atom stereocenters. The van der Waals surface area contributed by atoms with Crippen molar-refractivity contribution in [2.24, 2.45) is 0 Å². The van der Waals surface area contributed by atoms with E-state index in [1.807, 2.05) is 64.1 Å². The number of ether oxygens (including phenoxy) is 4. The number of hydrogen-bond acceptors (Lipinski definition) is 6. The van der Waals surface area contributed by atoms with Crippen LogP contribution in [-0.4, -0.2) is 67.6 Å². The number of hydrogen-bond donors (Lipinski definition) is 2. The molecule has 2 N–H and O–H groups in total. The molecule has 0 aromatic heterocycles. The van der Waals surface area contributed by atoms with E-state index in [4.69, 9.17) is 18.9 Å². The summed E-state index contributed by atoms with van der Waals surface area (Å²) < 4.78 is 23.4. The molecule has 4 rings (SSSR count). The fourth-order valence-corrected chi connectivity index (χ4v) is 5.86. The number of carbonyl (C=O) groups is 2. The van der Waals surface area contributed by atoms with E-state index in [2.05, 4.69) is 5.32 Å². The number of amides is 2. The maximum absolute atomic E-state index is 13.9. The normalized spacial score (nSPS) is 21.4. The number of methoxy groups -OCH3 is 2. The van der Waals surface area contributed by atoms with Crippen molar-refractivity contribution < 1.29 is 33.6 Å². The predicted molar refractivity (Wildman–Crippen MR) is 156 cm³/mol. The fraction of sp³-hybridized carbons (Fsp3) is 0.562. The van der Waals surface area contributed by atoms with Crippen LogP contribution in [0.1, 0.15) is 86.8 Å². The first-order valence-electron chi connectivity index (χ1n) is 14.5. The molecule has 0 radical (unpaired) electrons. The summed E-state index contributed by atoms with van der Waals surface area (Å²) in [5, 5.41) is 12.9. The van der Waals surface area contributed by atoms with Gasteiger partial charge in [0.2, 0.25) is 0 Å². The summed E-state index contributed by atoms with van der Waals surface area (Å²) in [4.78, 5) is 27.8. The molecule has 9 heteroatoms. The van der Waals surface area contributed by atoms with Crippen LogP contribution in [0.3, 0.4) is 0 Å². The lowest BCUT2D eigenvalue weighted by molar-refractivity contribution is -0.156. The van der Waals surface area contributed by atoms with Gasteiger partial charge in [-0.25, -0.2) is 9.59 Å². The van der Waals surface area contributed by atoms with Gasteiger partial charge in [-0.2, -0.15) is 0 Å². The predicted octanol–water partition coefficient (Wildman–Crippen LogP) is 5.76. The summed E-state index contributed by atoms with van der Waals surface area (Å²) >= 11 is 0. The van der Waals surface area contributed by atoms with Crippen molar-refractivity contribution in [3.05, 3.63) is 58.7 Å². The van der Waals surface area contributed by atoms with Crippen LogP contribution in [0.5, 0.6) is 11.5 Å². The molecular weight excluding hydrogens is 524 g/mol. The van der Waals surface area contributed by atoms with E-state index in [-0.39, 0.29) is 38.2 Å². The maximum Gasteiger partial charge on any atom is 0.329 e. The Morgan fingerprint density at radius 2 is 1.80 bits per heavy atom. The zero-order valence-corrected chi connectivity index (χ0v) is 25.1. The molecule has 2 saturated carbocycles. The number of nitrogens with one attached hydrogen (secondary N) is 1. The number of carboxylic acids is 1. The van der Waals surface area contributed by atoms with Gasteiger partial charge < -0.3 is 34.3 Å². The SMILES string of the molecule is CCOC1CC(NC(=O)N(CCOC(C)c2ccccc2)C(C)c2cc(OC)c(C3CC3)c(OC)c2C)(C(=O)O)C1. The highest BCUT2D eigenvalue weighted by molar-refractivity contribution is 5.87. The first-order valence-corrected chi connectivity index (χ1v) is 14.5. The topological polar surface area (TPSA) is 107 Å². The second-order valence-corrected chi connectivity index (χ2v) is 11.1. The molecule has 2 aliphatic carbocycles. The van der Waals surface area contributed by atoms with Crippen molar-refractivity contribution in [1.29, 1.82) is 0 Å². The third-order valence-electron chi connectivity index (χ3n) is 8.44. The van der Waals surface area contributed by atoms with E-state index < -0.39 is 23.6 Å². The zero-order chi connectivity index (χ0) is 29.7. The summed E-state index contributed by atoms with van der Waals surface area (Å²) in [6.45, 7) is 8.80. The Morgan fingerprint density at radius 1 is 1.12 bits per heavy atom. The molecular formula is C32H44N2O7. The van der Waals surface area contributed by atoms with Crippen molar-refractivity contribution >= 4 is 12.0 Å². The average molecular weight is 569 g/mol. The second kappa shape index (κ2) is 13.1. The molecule has 0 heterocycles. The number of urea groups is 1. The van der Waals surface area contributed by atoms with Gasteiger partial charge >= 0.3 is 12.0 Å². The van der Waals surface area contributed by atoms with Gasteiger partial charge in [0.05, 0.1) is 39.1 Å². The highest BCUT2D eigenvalue weighted by atomic mass is 16.5. The molecule has 2 aromatic rings. The van der Waals surface area contributed by atoms with E-state index >= 15 is 0 Å². The van der Waals surface area contributed by atoms with E-state index in [0.29, 0.717) is 12.5 Å². The molecule has 41 heavy (non-hydrogen) atoms. The molecule has 2 aliphatic rings. The maximum atomic E-state index is 13.9. The van der Waals surface area contributed by atoms with Crippen LogP contribution >= 0.6 is 0 Å². The summed E-state index contributed by atoms with van der Waals surface area (Å²) in [6, 6.07) is 11.0. The third-order valence-corrected chi connectivity index (χ3v) is 8.44. The van der Waals surface area contributed by atoms with Gasteiger partial charge in [0.1, 0.15) is 17.0 Å². The number of aliphatic carboxylic acids is 1. The quantitative estimate of drug-likeness (QED) is 0.298. The minimum absolute atomic E-state index is 0.167. The van der Waals surface area contributed by atoms with Crippen LogP contribution < -0.4 is 14.8 Å². The molecule has 2 amide bonds. The van der Waals surface area contributed by atoms with Crippen molar-refractivity contribution in [2.75, 3.05) is 34.0 Å². The summed E-state index contributed by atoms with van der Waals surface area (Å²) in [5.41, 5.74) is 2.55. The standard InChI is InChI=1S/C32H44N2O7/c1-7-40-25-18-32(19-25,30(35)36)33-31(37)34(15-16-41-22(4)23-11-9-8-10-12-23)21(3)26-17-27(38-5)28(24-13-14-24)29(39-6)20(26)2/h8-12,17,21-22,24-25H,7,13-16,18-19H2,1-6H3,(H,33,37)(H,35,36). The van der Waals surface area contributed by atoms with Crippen molar-refractivity contribution in [3.63, 3.8) is 0 Å². The van der Waals surface area contributed by atoms with Crippen LogP contribution in [0, 0.1) is 6.92 Å². The minimum Gasteiger partial charge on any atom is -0.496 e. The summed E-state index contributed by atoms with van der Waals surface area (Å²) in [5.74, 6) is 0.870. The van der Waals surface area contributed by atoms with E-state index in [0.717, 1.165) is 46.6 Å². The Kier molecular flexibility index (Phi) is 9.81. The van der Waals surface area contributed by atoms with E-state index in [9.17, 15) is 14.7 Å². The molecule has 0 saturated heterocycles. The number of benzene rings is 2. The molecule has 2 fully saturated rings. The van der Waals surface area contributed by atoms with Crippen molar-refractivity contribution in [3.8, 4) is 11.5 Å². The minimum atomic E-state index is -1.37. The fourth-order valence-electron chi connectivity index (χ4n) is 5.86. The average Bonchev–Trinajstić information content (AvgIpc) is 3.79. The molecule has 0 aliphatic heterocycles. The van der Waals surface area contributed by atoms with Gasteiger partial charge in [-0.3, -0.25) is 0 Å². The highest BCUT2D eigenvalue weighted by Crippen LogP contribution is 2.51. The van der Waals surface area contributed by atoms with Crippen LogP contribution in [-0.2, 0) is 14.3 Å². The van der Waals surface area contributed by atoms with Gasteiger partial charge in [-0.05, 0) is 69.2 Å². The first-order chi connectivity index (χ1) is 19.7. The van der Waals surface area contributed by atoms with Crippen LogP contribution in [0.4, 0.5) is 4.79 Å². The highest BCUT2D eigenvalue weighted by Gasteiger charge is 2.53. The molecule has 9 nitrogen and oxygen atoms in total. The largest absolute Gasteiger partial charge is 0.496 e. The molecule has 2 unspecified atom stereocenters. The Morgan fingerprint density at radius 3 is 2.37 bits per heavy atom. The summed E-state index contributed by atoms with van der Waals surface area (Å²) in [6.07, 6.45) is 2.27. The van der Waals surface area contributed by atoms with Crippen LogP contribution in [0.15, 0.2) is 36.4 Å². The van der Waals surface area contributed by atoms with E-state index in [1.165, 1.54) is 0 Å². The smallest absolute Gasteiger partial charge is 0.329 e. The zero-order valence-electron chi connectivity index (χ0n) is 25.1. The second-order valence-electron chi connectivity index (χ2n) is 11.1. The Bertz CT molecular complexity index is 1210. The van der Waals surface area contributed by atoms with E-state index in [1.54, 1.807) is 19.1 Å². The first kappa shape index (κ1) is 30.7. The van der Waals surface area contributed by atoms with Crippen molar-refractivity contribution in [1.82, 2.24) is 10.2 Å². The van der Waals surface area contributed by atoms with Gasteiger partial charge in [-0.1, -0.05) is 30.3 Å². The van der Waals surface area contributed by atoms with Gasteiger partial charge in [0, 0.05) is 31.6 Å². The molecule has 224 valence electrons.